The van der Waals surface area contributed by atoms with Crippen LogP contribution in [0.1, 0.15) is 131 Å². The molecular formula is C83H66N2. The van der Waals surface area contributed by atoms with Crippen molar-refractivity contribution in [2.75, 3.05) is 0 Å². The molecule has 2 heterocycles. The van der Waals surface area contributed by atoms with Crippen molar-refractivity contribution in [3.8, 4) is 44.8 Å². The van der Waals surface area contributed by atoms with Gasteiger partial charge in [-0.25, -0.2) is 0 Å². The van der Waals surface area contributed by atoms with Crippen molar-refractivity contribution >= 4 is 70.7 Å². The summed E-state index contributed by atoms with van der Waals surface area (Å²) in [5.41, 5.74) is 32.2. The third-order valence-corrected chi connectivity index (χ3v) is 23.0. The molecule has 0 bridgehead atoms. The Morgan fingerprint density at radius 1 is 0.294 bits per heavy atom. The van der Waals surface area contributed by atoms with Crippen LogP contribution in [0, 0.1) is 5.92 Å². The molecule has 13 aromatic rings. The molecular weight excluding hydrogens is 1020 g/mol. The van der Waals surface area contributed by atoms with E-state index in [4.69, 9.17) is 0 Å². The van der Waals surface area contributed by atoms with Crippen molar-refractivity contribution in [3.05, 3.63) is 267 Å². The van der Waals surface area contributed by atoms with E-state index in [0.29, 0.717) is 5.92 Å². The molecule has 0 saturated heterocycles. The zero-order valence-corrected chi connectivity index (χ0v) is 50.2. The number of rotatable bonds is 2. The Hall–Kier alpha value is -8.98. The van der Waals surface area contributed by atoms with E-state index in [1.165, 1.54) is 177 Å². The number of para-hydroxylation sites is 2. The van der Waals surface area contributed by atoms with Gasteiger partial charge in [-0.15, -0.1) is 0 Å². The average Bonchev–Trinajstić information content (AvgIpc) is 1.58. The van der Waals surface area contributed by atoms with Gasteiger partial charge in [0.15, 0.2) is 0 Å². The van der Waals surface area contributed by atoms with Crippen molar-refractivity contribution in [1.29, 1.82) is 0 Å². The Bertz CT molecular complexity index is 5400. The SMILES string of the molecule is CC1(C)C2=CC3c4cc5c(cc4C(C)(C)C3C=C2c2c1cc(-n1c3ccccc3c3cc4c(cc31)C(C)(C)c1ccccc1-4)c1ccccc21)-c1c(cc(-n2c3ccccc3c3cc4c(cc32)C(C)(C)c2ccccc2-4)c2ccccc12)C5(C)C. The lowest BCUT2D eigenvalue weighted by Gasteiger charge is -2.33. The summed E-state index contributed by atoms with van der Waals surface area (Å²) in [6, 6.07) is 75.6. The number of hydrogen-bond donors (Lipinski definition) is 0. The molecule has 0 spiro atoms. The fourth-order valence-corrected chi connectivity index (χ4v) is 18.6. The largest absolute Gasteiger partial charge is 0.309 e. The molecule has 0 fully saturated rings. The molecule has 0 amide bonds. The Kier molecular flexibility index (Phi) is 8.81. The quantitative estimate of drug-likeness (QED) is 0.163. The zero-order valence-electron chi connectivity index (χ0n) is 50.2. The summed E-state index contributed by atoms with van der Waals surface area (Å²) < 4.78 is 5.22. The third kappa shape index (κ3) is 5.70. The Morgan fingerprint density at radius 2 is 0.729 bits per heavy atom. The highest BCUT2D eigenvalue weighted by Gasteiger charge is 2.52. The van der Waals surface area contributed by atoms with Gasteiger partial charge in [0.1, 0.15) is 0 Å². The normalized spacial score (nSPS) is 19.6. The molecule has 0 radical (unpaired) electrons. The third-order valence-electron chi connectivity index (χ3n) is 23.0. The molecule has 85 heavy (non-hydrogen) atoms. The van der Waals surface area contributed by atoms with Gasteiger partial charge in [0, 0.05) is 59.9 Å². The number of nitrogens with zero attached hydrogens (tertiary/aromatic N) is 2. The van der Waals surface area contributed by atoms with Gasteiger partial charge in [-0.05, 0) is 177 Å². The highest BCUT2D eigenvalue weighted by atomic mass is 15.0. The van der Waals surface area contributed by atoms with Gasteiger partial charge in [0.2, 0.25) is 0 Å². The van der Waals surface area contributed by atoms with E-state index in [9.17, 15) is 0 Å². The molecule has 2 aromatic heterocycles. The van der Waals surface area contributed by atoms with Crippen LogP contribution in [-0.4, -0.2) is 9.13 Å². The summed E-state index contributed by atoms with van der Waals surface area (Å²) in [5.74, 6) is 0.550. The summed E-state index contributed by atoms with van der Waals surface area (Å²) in [4.78, 5) is 0. The van der Waals surface area contributed by atoms with Gasteiger partial charge in [0.05, 0.1) is 33.4 Å². The molecule has 6 aliphatic carbocycles. The predicted octanol–water partition coefficient (Wildman–Crippen LogP) is 21.4. The van der Waals surface area contributed by atoms with E-state index in [-0.39, 0.29) is 33.0 Å². The monoisotopic (exact) mass is 1090 g/mol. The van der Waals surface area contributed by atoms with Crippen LogP contribution in [0.25, 0.3) is 115 Å². The number of aromatic nitrogens is 2. The van der Waals surface area contributed by atoms with E-state index in [0.717, 1.165) is 0 Å². The molecule has 2 heteroatoms. The standard InChI is InChI=1S/C83H66N2/c1-79(2)61-31-19-15-23-45(61)53-35-57-49-27-17-21-33-71(49)84(75(57)41-67(53)79)73-43-69-77(51-29-13-11-25-47(51)73)59-39-63-55(37-65(59)82(69,7)8)56-38-66-60(40-64(56)81(63,5)6)78-52-30-14-12-26-48(52)74(44-70(78)83(66,9)10)85-72-34-22-18-28-50(72)58-36-54-46-24-16-20-32-62(46)80(3,4)68(54)42-76(58)85/h11-44,55,63H,1-10H3. The van der Waals surface area contributed by atoms with Gasteiger partial charge in [-0.3, -0.25) is 0 Å². The van der Waals surface area contributed by atoms with E-state index in [1.807, 2.05) is 0 Å². The van der Waals surface area contributed by atoms with Crippen molar-refractivity contribution in [2.45, 2.75) is 102 Å². The molecule has 2 unspecified atom stereocenters. The molecule has 408 valence electrons. The Labute approximate surface area is 497 Å². The number of benzene rings is 11. The summed E-state index contributed by atoms with van der Waals surface area (Å²) in [6.07, 6.45) is 5.50. The van der Waals surface area contributed by atoms with Crippen LogP contribution in [0.15, 0.2) is 212 Å². The maximum absolute atomic E-state index is 2.75. The summed E-state index contributed by atoms with van der Waals surface area (Å²) >= 11 is 0. The topological polar surface area (TPSA) is 9.86 Å². The van der Waals surface area contributed by atoms with Gasteiger partial charge in [-0.2, -0.15) is 0 Å². The number of allylic oxidation sites excluding steroid dienone is 4. The van der Waals surface area contributed by atoms with Crippen LogP contribution in [0.2, 0.25) is 0 Å². The minimum atomic E-state index is -0.252. The fraction of sp³-hybridized carbons (Fsp3) is 0.205. The molecule has 2 nitrogen and oxygen atoms in total. The lowest BCUT2D eigenvalue weighted by molar-refractivity contribution is 0.393. The first-order valence-electron chi connectivity index (χ1n) is 31.1. The summed E-state index contributed by atoms with van der Waals surface area (Å²) in [7, 11) is 0. The molecule has 0 aliphatic heterocycles. The molecule has 11 aromatic carbocycles. The Balaban J connectivity index is 0.771. The maximum atomic E-state index is 2.75. The van der Waals surface area contributed by atoms with Crippen molar-refractivity contribution in [2.24, 2.45) is 5.92 Å². The van der Waals surface area contributed by atoms with Crippen LogP contribution in [-0.2, 0) is 27.1 Å². The number of fused-ring (bicyclic) bond motifs is 25. The van der Waals surface area contributed by atoms with Gasteiger partial charge >= 0.3 is 0 Å². The van der Waals surface area contributed by atoms with Crippen LogP contribution in [0.4, 0.5) is 0 Å². The minimum absolute atomic E-state index is 0.109. The molecule has 2 atom stereocenters. The first-order valence-corrected chi connectivity index (χ1v) is 31.1. The second-order valence-electron chi connectivity index (χ2n) is 28.8. The summed E-state index contributed by atoms with van der Waals surface area (Å²) in [5, 5.41) is 10.5. The van der Waals surface area contributed by atoms with Crippen molar-refractivity contribution in [3.63, 3.8) is 0 Å². The lowest BCUT2D eigenvalue weighted by atomic mass is 9.70. The average molecular weight is 1090 g/mol. The number of hydrogen-bond acceptors (Lipinski definition) is 0. The van der Waals surface area contributed by atoms with Crippen LogP contribution in [0.3, 0.4) is 0 Å². The molecule has 0 N–H and O–H groups in total. The van der Waals surface area contributed by atoms with Crippen molar-refractivity contribution in [1.82, 2.24) is 9.13 Å². The highest BCUT2D eigenvalue weighted by molar-refractivity contribution is 6.17. The smallest absolute Gasteiger partial charge is 0.0544 e. The van der Waals surface area contributed by atoms with Crippen LogP contribution >= 0.6 is 0 Å². The van der Waals surface area contributed by atoms with Crippen molar-refractivity contribution < 1.29 is 0 Å². The predicted molar refractivity (Wildman–Crippen MR) is 358 cm³/mol. The molecule has 19 rings (SSSR count). The maximum Gasteiger partial charge on any atom is 0.0544 e. The minimum Gasteiger partial charge on any atom is -0.309 e. The zero-order chi connectivity index (χ0) is 57.3. The van der Waals surface area contributed by atoms with Gasteiger partial charge < -0.3 is 9.13 Å². The van der Waals surface area contributed by atoms with Gasteiger partial charge in [-0.1, -0.05) is 221 Å². The molecule has 0 saturated carbocycles. The first-order chi connectivity index (χ1) is 41.0. The van der Waals surface area contributed by atoms with Crippen LogP contribution in [0.5, 0.6) is 0 Å². The second-order valence-corrected chi connectivity index (χ2v) is 28.8. The molecule has 6 aliphatic rings. The second kappa shape index (κ2) is 15.5. The van der Waals surface area contributed by atoms with E-state index in [1.54, 1.807) is 0 Å². The fourth-order valence-electron chi connectivity index (χ4n) is 18.6. The lowest BCUT2D eigenvalue weighted by Crippen LogP contribution is -2.27. The first kappa shape index (κ1) is 48.4. The van der Waals surface area contributed by atoms with E-state index >= 15 is 0 Å². The van der Waals surface area contributed by atoms with E-state index in [2.05, 4.69) is 285 Å². The highest BCUT2D eigenvalue weighted by Crippen LogP contribution is 2.65. The Morgan fingerprint density at radius 3 is 1.27 bits per heavy atom. The summed E-state index contributed by atoms with van der Waals surface area (Å²) in [6.45, 7) is 24.7. The van der Waals surface area contributed by atoms with E-state index < -0.39 is 0 Å². The van der Waals surface area contributed by atoms with Crippen LogP contribution < -0.4 is 0 Å². The van der Waals surface area contributed by atoms with Gasteiger partial charge in [0.25, 0.3) is 0 Å².